The lowest BCUT2D eigenvalue weighted by Crippen LogP contribution is -2.37. The second-order valence-electron chi connectivity index (χ2n) is 4.76. The summed E-state index contributed by atoms with van der Waals surface area (Å²) in [5.41, 5.74) is 1.35. The smallest absolute Gasteiger partial charge is 0.323 e. The molecule has 4 N–H and O–H groups in total. The maximum atomic E-state index is 11.2. The standard InChI is InChI=1S/C12H17N3O2/c1-12(2,17)10(13-3)7-4-5-8-9(6-7)15-11(16)14-8/h4-6,10,13,17H,1-3H3,(H2,14,15,16). The van der Waals surface area contributed by atoms with Gasteiger partial charge in [0.1, 0.15) is 0 Å². The highest BCUT2D eigenvalue weighted by Gasteiger charge is 2.26. The topological polar surface area (TPSA) is 80.9 Å². The van der Waals surface area contributed by atoms with E-state index in [4.69, 9.17) is 0 Å². The van der Waals surface area contributed by atoms with E-state index < -0.39 is 5.60 Å². The highest BCUT2D eigenvalue weighted by Crippen LogP contribution is 2.26. The van der Waals surface area contributed by atoms with Crippen molar-refractivity contribution < 1.29 is 5.11 Å². The summed E-state index contributed by atoms with van der Waals surface area (Å²) >= 11 is 0. The molecule has 5 nitrogen and oxygen atoms in total. The van der Waals surface area contributed by atoms with E-state index in [1.54, 1.807) is 20.9 Å². The fraction of sp³-hybridized carbons (Fsp3) is 0.417. The first-order chi connectivity index (χ1) is 7.91. The van der Waals surface area contributed by atoms with E-state index in [9.17, 15) is 9.90 Å². The Morgan fingerprint density at radius 1 is 1.29 bits per heavy atom. The van der Waals surface area contributed by atoms with Gasteiger partial charge in [-0.25, -0.2) is 4.79 Å². The van der Waals surface area contributed by atoms with Gasteiger partial charge in [-0.05, 0) is 38.6 Å². The molecule has 0 spiro atoms. The van der Waals surface area contributed by atoms with Crippen molar-refractivity contribution in [3.8, 4) is 0 Å². The van der Waals surface area contributed by atoms with E-state index in [1.807, 2.05) is 18.2 Å². The van der Waals surface area contributed by atoms with Crippen LogP contribution in [0.4, 0.5) is 0 Å². The molecule has 0 radical (unpaired) electrons. The average Bonchev–Trinajstić information content (AvgIpc) is 2.56. The first-order valence-electron chi connectivity index (χ1n) is 5.53. The van der Waals surface area contributed by atoms with Gasteiger partial charge >= 0.3 is 5.69 Å². The monoisotopic (exact) mass is 235 g/mol. The molecule has 5 heteroatoms. The first-order valence-corrected chi connectivity index (χ1v) is 5.53. The van der Waals surface area contributed by atoms with E-state index in [1.165, 1.54) is 0 Å². The Kier molecular flexibility index (Phi) is 2.81. The summed E-state index contributed by atoms with van der Waals surface area (Å²) in [5.74, 6) is 0. The molecule has 0 bridgehead atoms. The maximum absolute atomic E-state index is 11.2. The van der Waals surface area contributed by atoms with Gasteiger partial charge in [-0.3, -0.25) is 0 Å². The molecule has 17 heavy (non-hydrogen) atoms. The van der Waals surface area contributed by atoms with E-state index in [0.717, 1.165) is 16.6 Å². The van der Waals surface area contributed by atoms with Gasteiger partial charge in [0.2, 0.25) is 0 Å². The molecule has 0 aliphatic carbocycles. The molecule has 2 rings (SSSR count). The summed E-state index contributed by atoms with van der Waals surface area (Å²) in [4.78, 5) is 16.6. The molecular weight excluding hydrogens is 218 g/mol. The van der Waals surface area contributed by atoms with Crippen molar-refractivity contribution >= 4 is 11.0 Å². The normalized spacial score (nSPS) is 14.1. The Morgan fingerprint density at radius 3 is 2.53 bits per heavy atom. The number of aromatic nitrogens is 2. The second-order valence-corrected chi connectivity index (χ2v) is 4.76. The zero-order valence-electron chi connectivity index (χ0n) is 10.2. The minimum atomic E-state index is -0.876. The SMILES string of the molecule is CNC(c1ccc2[nH]c(=O)[nH]c2c1)C(C)(C)O. The lowest BCUT2D eigenvalue weighted by molar-refractivity contribution is 0.0401. The fourth-order valence-corrected chi connectivity index (χ4v) is 2.16. The van der Waals surface area contributed by atoms with Crippen molar-refractivity contribution in [2.75, 3.05) is 7.05 Å². The molecule has 92 valence electrons. The summed E-state index contributed by atoms with van der Waals surface area (Å²) in [6, 6.07) is 5.40. The van der Waals surface area contributed by atoms with Crippen LogP contribution in [-0.4, -0.2) is 27.7 Å². The number of benzene rings is 1. The predicted molar refractivity (Wildman–Crippen MR) is 67.0 cm³/mol. The number of aliphatic hydroxyl groups is 1. The van der Waals surface area contributed by atoms with Crippen molar-refractivity contribution in [3.05, 3.63) is 34.2 Å². The lowest BCUT2D eigenvalue weighted by Gasteiger charge is -2.29. The molecule has 1 aromatic heterocycles. The number of likely N-dealkylation sites (N-methyl/N-ethyl adjacent to an activating group) is 1. The molecule has 0 saturated carbocycles. The van der Waals surface area contributed by atoms with Crippen LogP contribution < -0.4 is 11.0 Å². The molecule has 1 atom stereocenters. The van der Waals surface area contributed by atoms with Crippen LogP contribution >= 0.6 is 0 Å². The molecule has 0 saturated heterocycles. The van der Waals surface area contributed by atoms with Crippen LogP contribution in [-0.2, 0) is 0 Å². The number of aromatic amines is 2. The Labute approximate surface area is 98.9 Å². The first kappa shape index (κ1) is 11.9. The van der Waals surface area contributed by atoms with Gasteiger partial charge in [-0.2, -0.15) is 0 Å². The van der Waals surface area contributed by atoms with Gasteiger partial charge in [0.25, 0.3) is 0 Å². The van der Waals surface area contributed by atoms with Crippen molar-refractivity contribution in [3.63, 3.8) is 0 Å². The third kappa shape index (κ3) is 2.25. The predicted octanol–water partition coefficient (Wildman–Crippen LogP) is 0.888. The van der Waals surface area contributed by atoms with Crippen molar-refractivity contribution in [1.29, 1.82) is 0 Å². The van der Waals surface area contributed by atoms with Gasteiger partial charge in [-0.15, -0.1) is 0 Å². The van der Waals surface area contributed by atoms with Crippen LogP contribution in [0.1, 0.15) is 25.5 Å². The highest BCUT2D eigenvalue weighted by molar-refractivity contribution is 5.75. The number of hydrogen-bond donors (Lipinski definition) is 4. The van der Waals surface area contributed by atoms with Gasteiger partial charge < -0.3 is 20.4 Å². The maximum Gasteiger partial charge on any atom is 0.323 e. The molecule has 1 unspecified atom stereocenters. The van der Waals surface area contributed by atoms with Crippen molar-refractivity contribution in [2.45, 2.75) is 25.5 Å². The summed E-state index contributed by atoms with van der Waals surface area (Å²) in [6.45, 7) is 3.50. The van der Waals surface area contributed by atoms with E-state index in [2.05, 4.69) is 15.3 Å². The van der Waals surface area contributed by atoms with Crippen LogP contribution in [0.25, 0.3) is 11.0 Å². The third-order valence-electron chi connectivity index (χ3n) is 2.87. The Hall–Kier alpha value is -1.59. The van der Waals surface area contributed by atoms with E-state index in [-0.39, 0.29) is 11.7 Å². The molecule has 0 fully saturated rings. The zero-order chi connectivity index (χ0) is 12.6. The molecular formula is C12H17N3O2. The van der Waals surface area contributed by atoms with Crippen LogP contribution in [0.5, 0.6) is 0 Å². The Bertz CT molecular complexity index is 577. The quantitative estimate of drug-likeness (QED) is 0.637. The summed E-state index contributed by atoms with van der Waals surface area (Å²) < 4.78 is 0. The highest BCUT2D eigenvalue weighted by atomic mass is 16.3. The number of fused-ring (bicyclic) bond motifs is 1. The third-order valence-corrected chi connectivity index (χ3v) is 2.87. The average molecular weight is 235 g/mol. The zero-order valence-corrected chi connectivity index (χ0v) is 10.2. The number of H-pyrrole nitrogens is 2. The molecule has 0 amide bonds. The fourth-order valence-electron chi connectivity index (χ4n) is 2.16. The van der Waals surface area contributed by atoms with Crippen LogP contribution in [0.3, 0.4) is 0 Å². The lowest BCUT2D eigenvalue weighted by atomic mass is 9.92. The summed E-state index contributed by atoms with van der Waals surface area (Å²) in [7, 11) is 1.80. The number of imidazole rings is 1. The number of hydrogen-bond acceptors (Lipinski definition) is 3. The van der Waals surface area contributed by atoms with Crippen LogP contribution in [0, 0.1) is 0 Å². The molecule has 1 aromatic carbocycles. The van der Waals surface area contributed by atoms with Gasteiger partial charge in [0.05, 0.1) is 22.7 Å². The van der Waals surface area contributed by atoms with Gasteiger partial charge in [-0.1, -0.05) is 6.07 Å². The van der Waals surface area contributed by atoms with Crippen LogP contribution in [0.15, 0.2) is 23.0 Å². The van der Waals surface area contributed by atoms with Gasteiger partial charge in [0, 0.05) is 0 Å². The minimum Gasteiger partial charge on any atom is -0.388 e. The van der Waals surface area contributed by atoms with Crippen molar-refractivity contribution in [2.24, 2.45) is 0 Å². The van der Waals surface area contributed by atoms with E-state index in [0.29, 0.717) is 0 Å². The van der Waals surface area contributed by atoms with Crippen LogP contribution in [0.2, 0.25) is 0 Å². The molecule has 1 heterocycles. The molecule has 2 aromatic rings. The number of rotatable bonds is 3. The minimum absolute atomic E-state index is 0.190. The Morgan fingerprint density at radius 2 is 1.94 bits per heavy atom. The molecule has 0 aliphatic rings. The summed E-state index contributed by atoms with van der Waals surface area (Å²) in [6.07, 6.45) is 0. The largest absolute Gasteiger partial charge is 0.388 e. The summed E-state index contributed by atoms with van der Waals surface area (Å²) in [5, 5.41) is 13.1. The number of nitrogens with one attached hydrogen (secondary N) is 3. The second kappa shape index (κ2) is 4.01. The van der Waals surface area contributed by atoms with E-state index >= 15 is 0 Å². The van der Waals surface area contributed by atoms with Crippen molar-refractivity contribution in [1.82, 2.24) is 15.3 Å². The Balaban J connectivity index is 2.51. The molecule has 0 aliphatic heterocycles. The van der Waals surface area contributed by atoms with Gasteiger partial charge in [0.15, 0.2) is 0 Å².